The van der Waals surface area contributed by atoms with Crippen LogP contribution >= 0.6 is 0 Å². The molecule has 1 aromatic carbocycles. The molecule has 2 atom stereocenters. The zero-order valence-corrected chi connectivity index (χ0v) is 16.1. The van der Waals surface area contributed by atoms with E-state index in [0.29, 0.717) is 30.3 Å². The Hall–Kier alpha value is -3.26. The monoisotopic (exact) mass is 393 g/mol. The van der Waals surface area contributed by atoms with Gasteiger partial charge in [-0.05, 0) is 30.5 Å². The van der Waals surface area contributed by atoms with Gasteiger partial charge in [0.25, 0.3) is 0 Å². The van der Waals surface area contributed by atoms with Crippen molar-refractivity contribution in [3.8, 4) is 11.5 Å². The lowest BCUT2D eigenvalue weighted by molar-refractivity contribution is -0.157. The van der Waals surface area contributed by atoms with Gasteiger partial charge in [0.1, 0.15) is 11.1 Å². The summed E-state index contributed by atoms with van der Waals surface area (Å²) in [5.41, 5.74) is 0.221. The average Bonchev–Trinajstić information content (AvgIpc) is 3.16. The van der Waals surface area contributed by atoms with Gasteiger partial charge in [-0.2, -0.15) is 0 Å². The van der Waals surface area contributed by atoms with Crippen molar-refractivity contribution in [3.63, 3.8) is 0 Å². The standard InChI is InChI=1S/C21H23N5O3/c1-25-12-10-22-19(25)16-7-8-18(24-23-16)26-11-9-17(27)21(14-26,20(28)29)13-15-5-3-2-4-6-15/h2-8,10,12,17,27H,9,11,13-14H2,1H3,(H,28,29)/t17-,21+/m0/s1. The highest BCUT2D eigenvalue weighted by atomic mass is 16.4. The number of aliphatic hydroxyl groups excluding tert-OH is 1. The second-order valence-electron chi connectivity index (χ2n) is 7.49. The fourth-order valence-electron chi connectivity index (χ4n) is 3.92. The Bertz CT molecular complexity index is 989. The van der Waals surface area contributed by atoms with E-state index in [0.717, 1.165) is 5.56 Å². The molecule has 3 heterocycles. The Morgan fingerprint density at radius 2 is 2.00 bits per heavy atom. The minimum atomic E-state index is -1.31. The molecule has 1 aliphatic rings. The summed E-state index contributed by atoms with van der Waals surface area (Å²) in [6.45, 7) is 0.677. The van der Waals surface area contributed by atoms with Crippen molar-refractivity contribution in [2.75, 3.05) is 18.0 Å². The number of aryl methyl sites for hydroxylation is 1. The molecule has 8 heteroatoms. The Morgan fingerprint density at radius 3 is 2.62 bits per heavy atom. The Kier molecular flexibility index (Phi) is 5.02. The van der Waals surface area contributed by atoms with E-state index in [2.05, 4.69) is 15.2 Å². The van der Waals surface area contributed by atoms with E-state index in [4.69, 9.17) is 0 Å². The van der Waals surface area contributed by atoms with Gasteiger partial charge in [-0.25, -0.2) is 4.98 Å². The molecule has 4 rings (SSSR count). The van der Waals surface area contributed by atoms with Crippen LogP contribution in [0.1, 0.15) is 12.0 Å². The van der Waals surface area contributed by atoms with Gasteiger partial charge in [-0.1, -0.05) is 30.3 Å². The van der Waals surface area contributed by atoms with Crippen molar-refractivity contribution < 1.29 is 15.0 Å². The maximum absolute atomic E-state index is 12.3. The SMILES string of the molecule is Cn1ccnc1-c1ccc(N2CC[C@H](O)[C@](Cc3ccccc3)(C(=O)O)C2)nn1. The second kappa shape index (κ2) is 7.63. The van der Waals surface area contributed by atoms with Crippen molar-refractivity contribution in [1.82, 2.24) is 19.7 Å². The summed E-state index contributed by atoms with van der Waals surface area (Å²) in [5.74, 6) is 0.298. The van der Waals surface area contributed by atoms with E-state index in [9.17, 15) is 15.0 Å². The van der Waals surface area contributed by atoms with Gasteiger partial charge >= 0.3 is 5.97 Å². The van der Waals surface area contributed by atoms with Crippen LogP contribution in [0.5, 0.6) is 0 Å². The second-order valence-corrected chi connectivity index (χ2v) is 7.49. The predicted octanol–water partition coefficient (Wildman–Crippen LogP) is 1.76. The largest absolute Gasteiger partial charge is 0.481 e. The highest BCUT2D eigenvalue weighted by molar-refractivity contribution is 5.77. The van der Waals surface area contributed by atoms with Crippen LogP contribution in [0.25, 0.3) is 11.5 Å². The van der Waals surface area contributed by atoms with Crippen LogP contribution < -0.4 is 4.90 Å². The van der Waals surface area contributed by atoms with Crippen molar-refractivity contribution in [2.24, 2.45) is 12.5 Å². The summed E-state index contributed by atoms with van der Waals surface area (Å²) < 4.78 is 1.86. The summed E-state index contributed by atoms with van der Waals surface area (Å²) in [4.78, 5) is 18.4. The number of carboxylic acids is 1. The lowest BCUT2D eigenvalue weighted by atomic mass is 9.73. The molecule has 2 N–H and O–H groups in total. The summed E-state index contributed by atoms with van der Waals surface area (Å²) in [7, 11) is 1.88. The number of benzene rings is 1. The number of aliphatic carboxylic acids is 1. The van der Waals surface area contributed by atoms with Crippen molar-refractivity contribution >= 4 is 11.8 Å². The van der Waals surface area contributed by atoms with Gasteiger partial charge in [0.2, 0.25) is 0 Å². The number of aromatic nitrogens is 4. The molecular formula is C21H23N5O3. The zero-order chi connectivity index (χ0) is 20.4. The molecule has 1 fully saturated rings. The summed E-state index contributed by atoms with van der Waals surface area (Å²) in [6.07, 6.45) is 3.20. The molecule has 0 bridgehead atoms. The van der Waals surface area contributed by atoms with E-state index >= 15 is 0 Å². The molecule has 0 saturated carbocycles. The quantitative estimate of drug-likeness (QED) is 0.681. The molecular weight excluding hydrogens is 370 g/mol. The molecule has 0 radical (unpaired) electrons. The van der Waals surface area contributed by atoms with Gasteiger partial charge in [0.15, 0.2) is 11.6 Å². The van der Waals surface area contributed by atoms with E-state index in [1.54, 1.807) is 6.20 Å². The number of imidazole rings is 1. The molecule has 29 heavy (non-hydrogen) atoms. The first-order valence-corrected chi connectivity index (χ1v) is 9.51. The number of anilines is 1. The third-order valence-corrected chi connectivity index (χ3v) is 5.60. The third-order valence-electron chi connectivity index (χ3n) is 5.60. The number of carboxylic acid groups (broad SMARTS) is 1. The van der Waals surface area contributed by atoms with Crippen molar-refractivity contribution in [1.29, 1.82) is 0 Å². The normalized spacial score (nSPS) is 21.9. The molecule has 150 valence electrons. The first-order valence-electron chi connectivity index (χ1n) is 9.51. The number of carbonyl (C=O) groups is 1. The van der Waals surface area contributed by atoms with Crippen LogP contribution in [-0.4, -0.2) is 55.1 Å². The number of nitrogens with zero attached hydrogens (tertiary/aromatic N) is 5. The van der Waals surface area contributed by atoms with Crippen LogP contribution in [-0.2, 0) is 18.3 Å². The van der Waals surface area contributed by atoms with Crippen LogP contribution in [0.4, 0.5) is 5.82 Å². The lowest BCUT2D eigenvalue weighted by Gasteiger charge is -2.43. The van der Waals surface area contributed by atoms with Crippen LogP contribution in [0, 0.1) is 5.41 Å². The predicted molar refractivity (Wildman–Crippen MR) is 107 cm³/mol. The summed E-state index contributed by atoms with van der Waals surface area (Å²) in [5, 5.41) is 29.3. The molecule has 0 spiro atoms. The van der Waals surface area contributed by atoms with Crippen LogP contribution in [0.15, 0.2) is 54.9 Å². The van der Waals surface area contributed by atoms with E-state index in [1.807, 2.05) is 65.2 Å². The maximum atomic E-state index is 12.3. The summed E-state index contributed by atoms with van der Waals surface area (Å²) >= 11 is 0. The smallest absolute Gasteiger partial charge is 0.314 e. The highest BCUT2D eigenvalue weighted by Gasteiger charge is 2.49. The first-order chi connectivity index (χ1) is 14.0. The van der Waals surface area contributed by atoms with E-state index in [1.165, 1.54) is 0 Å². The summed E-state index contributed by atoms with van der Waals surface area (Å²) in [6, 6.07) is 13.1. The van der Waals surface area contributed by atoms with E-state index < -0.39 is 17.5 Å². The molecule has 8 nitrogen and oxygen atoms in total. The highest BCUT2D eigenvalue weighted by Crippen LogP contribution is 2.36. The fourth-order valence-corrected chi connectivity index (χ4v) is 3.92. The molecule has 0 unspecified atom stereocenters. The Balaban J connectivity index is 1.60. The minimum absolute atomic E-state index is 0.162. The van der Waals surface area contributed by atoms with Crippen molar-refractivity contribution in [2.45, 2.75) is 18.9 Å². The van der Waals surface area contributed by atoms with Crippen molar-refractivity contribution in [3.05, 3.63) is 60.4 Å². The number of hydrogen-bond donors (Lipinski definition) is 2. The number of rotatable bonds is 5. The first kappa shape index (κ1) is 19.1. The Morgan fingerprint density at radius 1 is 1.21 bits per heavy atom. The number of hydrogen-bond acceptors (Lipinski definition) is 6. The minimum Gasteiger partial charge on any atom is -0.481 e. The van der Waals surface area contributed by atoms with Gasteiger partial charge in [-0.15, -0.1) is 10.2 Å². The number of aliphatic hydroxyl groups is 1. The average molecular weight is 393 g/mol. The number of piperidine rings is 1. The van der Waals surface area contributed by atoms with E-state index in [-0.39, 0.29) is 13.0 Å². The van der Waals surface area contributed by atoms with Gasteiger partial charge < -0.3 is 19.7 Å². The molecule has 1 aliphatic heterocycles. The molecule has 0 aliphatic carbocycles. The van der Waals surface area contributed by atoms with Crippen LogP contribution in [0.3, 0.4) is 0 Å². The zero-order valence-electron chi connectivity index (χ0n) is 16.1. The lowest BCUT2D eigenvalue weighted by Crippen LogP contribution is -2.57. The maximum Gasteiger partial charge on any atom is 0.314 e. The Labute approximate surface area is 168 Å². The fraction of sp³-hybridized carbons (Fsp3) is 0.333. The van der Waals surface area contributed by atoms with Crippen LogP contribution in [0.2, 0.25) is 0 Å². The van der Waals surface area contributed by atoms with Gasteiger partial charge in [0.05, 0.1) is 6.10 Å². The van der Waals surface area contributed by atoms with Gasteiger partial charge in [-0.3, -0.25) is 4.79 Å². The van der Waals surface area contributed by atoms with Gasteiger partial charge in [0, 0.05) is 32.5 Å². The third kappa shape index (κ3) is 3.58. The topological polar surface area (TPSA) is 104 Å². The molecule has 0 amide bonds. The molecule has 3 aromatic rings. The molecule has 1 saturated heterocycles. The molecule has 2 aromatic heterocycles.